The van der Waals surface area contributed by atoms with Gasteiger partial charge in [-0.2, -0.15) is 0 Å². The average Bonchev–Trinajstić information content (AvgIpc) is 2.29. The van der Waals surface area contributed by atoms with Crippen LogP contribution in [0.4, 0.5) is 5.69 Å². The number of nitrogens with one attached hydrogen (secondary N) is 1. The van der Waals surface area contributed by atoms with Gasteiger partial charge in [-0.1, -0.05) is 6.92 Å². The fourth-order valence-corrected chi connectivity index (χ4v) is 1.55. The van der Waals surface area contributed by atoms with Crippen molar-refractivity contribution >= 4 is 11.6 Å². The number of amides is 1. The summed E-state index contributed by atoms with van der Waals surface area (Å²) in [6.45, 7) is 3.90. The first-order valence-electron chi connectivity index (χ1n) is 5.77. The Morgan fingerprint density at radius 2 is 2.24 bits per heavy atom. The number of rotatable bonds is 5. The number of carbonyl (C=O) groups is 1. The van der Waals surface area contributed by atoms with Crippen molar-refractivity contribution in [3.05, 3.63) is 23.8 Å². The lowest BCUT2D eigenvalue weighted by atomic mass is 10.1. The minimum atomic E-state index is -0.0747. The molecule has 0 saturated carbocycles. The first-order valence-corrected chi connectivity index (χ1v) is 5.77. The van der Waals surface area contributed by atoms with Crippen LogP contribution in [0.2, 0.25) is 0 Å². The molecule has 0 radical (unpaired) electrons. The Kier molecular flexibility index (Phi) is 4.97. The zero-order chi connectivity index (χ0) is 12.8. The van der Waals surface area contributed by atoms with E-state index in [0.717, 1.165) is 23.4 Å². The van der Waals surface area contributed by atoms with Crippen LogP contribution in [-0.2, 0) is 4.79 Å². The second kappa shape index (κ2) is 6.25. The maximum Gasteiger partial charge on any atom is 0.225 e. The van der Waals surface area contributed by atoms with Crippen LogP contribution in [0.5, 0.6) is 5.75 Å². The van der Waals surface area contributed by atoms with Gasteiger partial charge in [0.05, 0.1) is 7.11 Å². The molecule has 0 spiro atoms. The summed E-state index contributed by atoms with van der Waals surface area (Å²) in [5, 5.41) is 2.82. The molecule has 17 heavy (non-hydrogen) atoms. The molecule has 1 aromatic rings. The first-order chi connectivity index (χ1) is 8.06. The van der Waals surface area contributed by atoms with Gasteiger partial charge in [0.25, 0.3) is 0 Å². The number of hydrogen-bond donors (Lipinski definition) is 2. The lowest BCUT2D eigenvalue weighted by Crippen LogP contribution is -2.26. The maximum absolute atomic E-state index is 11.6. The topological polar surface area (TPSA) is 64.4 Å². The molecule has 4 heteroatoms. The molecular formula is C13H20N2O2. The monoisotopic (exact) mass is 236 g/mol. The molecule has 0 aromatic heterocycles. The molecule has 0 fully saturated rings. The Bertz CT molecular complexity index is 391. The van der Waals surface area contributed by atoms with Gasteiger partial charge in [-0.05, 0) is 37.1 Å². The van der Waals surface area contributed by atoms with Gasteiger partial charge in [0.1, 0.15) is 5.75 Å². The summed E-state index contributed by atoms with van der Waals surface area (Å²) >= 11 is 0. The van der Waals surface area contributed by atoms with E-state index in [9.17, 15) is 4.79 Å². The zero-order valence-electron chi connectivity index (χ0n) is 10.6. The minimum absolute atomic E-state index is 0.0519. The summed E-state index contributed by atoms with van der Waals surface area (Å²) in [6.07, 6.45) is 1.15. The van der Waals surface area contributed by atoms with Gasteiger partial charge in [-0.15, -0.1) is 0 Å². The number of anilines is 1. The number of benzene rings is 1. The molecule has 1 aromatic carbocycles. The number of carbonyl (C=O) groups excluding carboxylic acids is 1. The van der Waals surface area contributed by atoms with Crippen molar-refractivity contribution in [3.8, 4) is 5.75 Å². The molecule has 4 nitrogen and oxygen atoms in total. The fourth-order valence-electron chi connectivity index (χ4n) is 1.55. The molecule has 0 saturated heterocycles. The van der Waals surface area contributed by atoms with Crippen LogP contribution < -0.4 is 15.8 Å². The molecule has 1 amide bonds. The number of nitrogens with two attached hydrogens (primary N) is 1. The Labute approximate surface area is 102 Å². The van der Waals surface area contributed by atoms with Crippen molar-refractivity contribution in [1.29, 1.82) is 0 Å². The molecule has 1 rings (SSSR count). The van der Waals surface area contributed by atoms with E-state index in [4.69, 9.17) is 10.5 Å². The molecule has 0 bridgehead atoms. The number of hydrogen-bond acceptors (Lipinski definition) is 3. The van der Waals surface area contributed by atoms with Crippen LogP contribution in [-0.4, -0.2) is 19.1 Å². The first kappa shape index (κ1) is 13.5. The molecule has 0 aliphatic heterocycles. The normalized spacial score (nSPS) is 12.0. The minimum Gasteiger partial charge on any atom is -0.496 e. The lowest BCUT2D eigenvalue weighted by Gasteiger charge is -2.11. The standard InChI is InChI=1S/C13H20N2O2/c1-4-10(14)8-13(16)15-11-5-6-12(17-3)9(2)7-11/h5-7,10H,4,8,14H2,1-3H3,(H,15,16). The summed E-state index contributed by atoms with van der Waals surface area (Å²) in [5.74, 6) is 0.761. The van der Waals surface area contributed by atoms with E-state index in [1.165, 1.54) is 0 Å². The van der Waals surface area contributed by atoms with E-state index < -0.39 is 0 Å². The van der Waals surface area contributed by atoms with Crippen molar-refractivity contribution in [2.75, 3.05) is 12.4 Å². The second-order valence-corrected chi connectivity index (χ2v) is 4.11. The highest BCUT2D eigenvalue weighted by Crippen LogP contribution is 2.21. The lowest BCUT2D eigenvalue weighted by molar-refractivity contribution is -0.116. The van der Waals surface area contributed by atoms with Gasteiger partial charge >= 0.3 is 0 Å². The Balaban J connectivity index is 2.63. The van der Waals surface area contributed by atoms with Crippen molar-refractivity contribution in [2.45, 2.75) is 32.7 Å². The summed E-state index contributed by atoms with van der Waals surface area (Å²) in [5.41, 5.74) is 7.49. The van der Waals surface area contributed by atoms with Gasteiger partial charge in [0.15, 0.2) is 0 Å². The van der Waals surface area contributed by atoms with E-state index in [1.54, 1.807) is 7.11 Å². The number of methoxy groups -OCH3 is 1. The van der Waals surface area contributed by atoms with Crippen molar-refractivity contribution in [1.82, 2.24) is 0 Å². The SMILES string of the molecule is CCC(N)CC(=O)Nc1ccc(OC)c(C)c1. The fraction of sp³-hybridized carbons (Fsp3) is 0.462. The van der Waals surface area contributed by atoms with Gasteiger partial charge < -0.3 is 15.8 Å². The highest BCUT2D eigenvalue weighted by molar-refractivity contribution is 5.91. The Hall–Kier alpha value is -1.55. The van der Waals surface area contributed by atoms with Crippen LogP contribution in [0.3, 0.4) is 0 Å². The second-order valence-electron chi connectivity index (χ2n) is 4.11. The third-order valence-corrected chi connectivity index (χ3v) is 2.65. The third kappa shape index (κ3) is 4.07. The van der Waals surface area contributed by atoms with E-state index in [2.05, 4.69) is 5.32 Å². The van der Waals surface area contributed by atoms with Crippen molar-refractivity contribution in [2.24, 2.45) is 5.73 Å². The van der Waals surface area contributed by atoms with Crippen LogP contribution in [0, 0.1) is 6.92 Å². The smallest absolute Gasteiger partial charge is 0.225 e. The molecule has 0 heterocycles. The van der Waals surface area contributed by atoms with Gasteiger partial charge in [-0.3, -0.25) is 4.79 Å². The van der Waals surface area contributed by atoms with E-state index in [-0.39, 0.29) is 11.9 Å². The quantitative estimate of drug-likeness (QED) is 0.822. The van der Waals surface area contributed by atoms with Crippen molar-refractivity contribution in [3.63, 3.8) is 0 Å². The van der Waals surface area contributed by atoms with Gasteiger partial charge in [0, 0.05) is 18.2 Å². The molecule has 0 aliphatic rings. The van der Waals surface area contributed by atoms with Crippen molar-refractivity contribution < 1.29 is 9.53 Å². The van der Waals surface area contributed by atoms with Crippen LogP contribution >= 0.6 is 0 Å². The molecule has 3 N–H and O–H groups in total. The van der Waals surface area contributed by atoms with E-state index in [1.807, 2.05) is 32.0 Å². The Morgan fingerprint density at radius 1 is 1.53 bits per heavy atom. The largest absolute Gasteiger partial charge is 0.496 e. The molecule has 0 aliphatic carbocycles. The molecular weight excluding hydrogens is 216 g/mol. The van der Waals surface area contributed by atoms with Crippen LogP contribution in [0.15, 0.2) is 18.2 Å². The highest BCUT2D eigenvalue weighted by atomic mass is 16.5. The third-order valence-electron chi connectivity index (χ3n) is 2.65. The van der Waals surface area contributed by atoms with Crippen LogP contribution in [0.25, 0.3) is 0 Å². The predicted octanol–water partition coefficient (Wildman–Crippen LogP) is 2.07. The van der Waals surface area contributed by atoms with E-state index in [0.29, 0.717) is 6.42 Å². The number of ether oxygens (including phenoxy) is 1. The summed E-state index contributed by atoms with van der Waals surface area (Å²) in [4.78, 5) is 11.6. The highest BCUT2D eigenvalue weighted by Gasteiger charge is 2.08. The average molecular weight is 236 g/mol. The maximum atomic E-state index is 11.6. The summed E-state index contributed by atoms with van der Waals surface area (Å²) in [6, 6.07) is 5.47. The zero-order valence-corrected chi connectivity index (χ0v) is 10.6. The number of aryl methyl sites for hydroxylation is 1. The molecule has 94 valence electrons. The summed E-state index contributed by atoms with van der Waals surface area (Å²) < 4.78 is 5.15. The molecule has 1 unspecified atom stereocenters. The van der Waals surface area contributed by atoms with Crippen LogP contribution in [0.1, 0.15) is 25.3 Å². The van der Waals surface area contributed by atoms with Gasteiger partial charge in [-0.25, -0.2) is 0 Å². The van der Waals surface area contributed by atoms with Gasteiger partial charge in [0.2, 0.25) is 5.91 Å². The Morgan fingerprint density at radius 3 is 2.76 bits per heavy atom. The molecule has 1 atom stereocenters. The predicted molar refractivity (Wildman–Crippen MR) is 69.2 cm³/mol. The summed E-state index contributed by atoms with van der Waals surface area (Å²) in [7, 11) is 1.63. The van der Waals surface area contributed by atoms with E-state index >= 15 is 0 Å².